The maximum atomic E-state index is 9.04. The van der Waals surface area contributed by atoms with Crippen molar-refractivity contribution in [3.05, 3.63) is 91.1 Å². The predicted molar refractivity (Wildman–Crippen MR) is 126 cm³/mol. The van der Waals surface area contributed by atoms with Crippen molar-refractivity contribution in [3.63, 3.8) is 0 Å². The molecule has 151 valence electrons. The quantitative estimate of drug-likeness (QED) is 0.371. The van der Waals surface area contributed by atoms with Crippen LogP contribution < -0.4 is 4.65 Å². The molecule has 0 unspecified atom stereocenters. The van der Waals surface area contributed by atoms with E-state index >= 15 is 0 Å². The zero-order valence-corrected chi connectivity index (χ0v) is 16.9. The number of furan rings is 1. The van der Waals surface area contributed by atoms with Crippen molar-refractivity contribution in [2.75, 3.05) is 0 Å². The number of rotatable bonds is 4. The highest BCUT2D eigenvalue weighted by molar-refractivity contribution is 6.18. The molecule has 6 aromatic rings. The van der Waals surface area contributed by atoms with E-state index in [1.807, 2.05) is 72.9 Å². The SMILES string of the molecule is O[B]Oc1cccc2c1oc1cc(-c3cccc4nc(-c5ccccc5)ncc34)ccc12. The Bertz CT molecular complexity index is 1600. The molecule has 0 saturated heterocycles. The molecule has 0 aliphatic heterocycles. The zero-order valence-electron chi connectivity index (χ0n) is 16.9. The molecule has 6 heteroatoms. The molecule has 32 heavy (non-hydrogen) atoms. The van der Waals surface area contributed by atoms with Crippen molar-refractivity contribution >= 4 is 40.5 Å². The van der Waals surface area contributed by atoms with Crippen molar-refractivity contribution in [1.29, 1.82) is 0 Å². The van der Waals surface area contributed by atoms with E-state index in [0.717, 1.165) is 43.9 Å². The summed E-state index contributed by atoms with van der Waals surface area (Å²) in [5.74, 6) is 1.17. The summed E-state index contributed by atoms with van der Waals surface area (Å²) in [6.45, 7) is 0. The van der Waals surface area contributed by atoms with Crippen molar-refractivity contribution in [2.24, 2.45) is 0 Å². The normalized spacial score (nSPS) is 11.3. The minimum Gasteiger partial charge on any atom is -0.535 e. The first kappa shape index (κ1) is 18.6. The summed E-state index contributed by atoms with van der Waals surface area (Å²) < 4.78 is 11.3. The number of hydrogen-bond donors (Lipinski definition) is 1. The van der Waals surface area contributed by atoms with Gasteiger partial charge in [0.15, 0.2) is 11.4 Å². The monoisotopic (exact) mass is 415 g/mol. The highest BCUT2D eigenvalue weighted by Crippen LogP contribution is 2.37. The van der Waals surface area contributed by atoms with Gasteiger partial charge in [0.25, 0.3) is 0 Å². The van der Waals surface area contributed by atoms with Crippen LogP contribution in [-0.2, 0) is 0 Å². The Morgan fingerprint density at radius 1 is 0.781 bits per heavy atom. The van der Waals surface area contributed by atoms with E-state index in [2.05, 4.69) is 17.1 Å². The molecule has 1 radical (unpaired) electrons. The Kier molecular flexibility index (Phi) is 4.37. The van der Waals surface area contributed by atoms with Gasteiger partial charge in [-0.05, 0) is 35.4 Å². The van der Waals surface area contributed by atoms with Crippen molar-refractivity contribution in [2.45, 2.75) is 0 Å². The van der Waals surface area contributed by atoms with E-state index in [1.165, 1.54) is 0 Å². The molecule has 0 saturated carbocycles. The fourth-order valence-corrected chi connectivity index (χ4v) is 4.12. The third kappa shape index (κ3) is 3.01. The minimum absolute atomic E-state index is 0.467. The summed E-state index contributed by atoms with van der Waals surface area (Å²) in [5, 5.41) is 11.9. The predicted octanol–water partition coefficient (Wildman–Crippen LogP) is 5.77. The Morgan fingerprint density at radius 3 is 2.53 bits per heavy atom. The Labute approximate surface area is 184 Å². The Morgan fingerprint density at radius 2 is 1.66 bits per heavy atom. The van der Waals surface area contributed by atoms with E-state index < -0.39 is 0 Å². The number of para-hydroxylation sites is 1. The molecule has 0 aliphatic rings. The smallest absolute Gasteiger partial charge is 0.535 e. The second-order valence-corrected chi connectivity index (χ2v) is 7.47. The summed E-state index contributed by atoms with van der Waals surface area (Å²) in [6.07, 6.45) is 1.88. The summed E-state index contributed by atoms with van der Waals surface area (Å²) in [4.78, 5) is 9.40. The maximum Gasteiger partial charge on any atom is 0.569 e. The molecule has 0 aliphatic carbocycles. The fraction of sp³-hybridized carbons (Fsp3) is 0. The molecule has 0 spiro atoms. The molecular weight excluding hydrogens is 399 g/mol. The Balaban J connectivity index is 1.50. The zero-order chi connectivity index (χ0) is 21.5. The third-order valence-electron chi connectivity index (χ3n) is 5.61. The molecule has 0 bridgehead atoms. The van der Waals surface area contributed by atoms with Crippen LogP contribution in [-0.4, -0.2) is 22.7 Å². The summed E-state index contributed by atoms with van der Waals surface area (Å²) >= 11 is 0. The fourth-order valence-electron chi connectivity index (χ4n) is 4.12. The van der Waals surface area contributed by atoms with Crippen molar-refractivity contribution in [3.8, 4) is 28.3 Å². The summed E-state index contributed by atoms with van der Waals surface area (Å²) in [5.41, 5.74) is 5.25. The summed E-state index contributed by atoms with van der Waals surface area (Å²) in [7, 11) is 0.660. The Hall–Kier alpha value is -4.16. The summed E-state index contributed by atoms with van der Waals surface area (Å²) in [6, 6.07) is 27.8. The van der Waals surface area contributed by atoms with E-state index in [-0.39, 0.29) is 0 Å². The lowest BCUT2D eigenvalue weighted by Gasteiger charge is -2.08. The van der Waals surface area contributed by atoms with Gasteiger partial charge >= 0.3 is 7.69 Å². The van der Waals surface area contributed by atoms with Crippen LogP contribution in [0.25, 0.3) is 55.4 Å². The number of benzene rings is 4. The molecule has 2 aromatic heterocycles. The van der Waals surface area contributed by atoms with E-state index in [1.54, 1.807) is 6.07 Å². The van der Waals surface area contributed by atoms with E-state index in [4.69, 9.17) is 19.1 Å². The first-order valence-electron chi connectivity index (χ1n) is 10.2. The van der Waals surface area contributed by atoms with Gasteiger partial charge in [-0.25, -0.2) is 9.97 Å². The molecule has 0 atom stereocenters. The highest BCUT2D eigenvalue weighted by Gasteiger charge is 2.14. The van der Waals surface area contributed by atoms with Crippen LogP contribution in [0.1, 0.15) is 0 Å². The van der Waals surface area contributed by atoms with Crippen LogP contribution in [0.2, 0.25) is 0 Å². The van der Waals surface area contributed by atoms with Gasteiger partial charge in [0.2, 0.25) is 0 Å². The van der Waals surface area contributed by atoms with Crippen molar-refractivity contribution < 1.29 is 14.1 Å². The number of hydrogen-bond acceptors (Lipinski definition) is 5. The first-order valence-corrected chi connectivity index (χ1v) is 10.2. The van der Waals surface area contributed by atoms with Crippen molar-refractivity contribution in [1.82, 2.24) is 9.97 Å². The van der Waals surface area contributed by atoms with Gasteiger partial charge in [-0.2, -0.15) is 0 Å². The molecule has 5 nitrogen and oxygen atoms in total. The topological polar surface area (TPSA) is 68.4 Å². The van der Waals surface area contributed by atoms with Crippen LogP contribution >= 0.6 is 0 Å². The number of aromatic nitrogens is 2. The highest BCUT2D eigenvalue weighted by atomic mass is 16.5. The van der Waals surface area contributed by atoms with Crippen LogP contribution in [0.4, 0.5) is 0 Å². The largest absolute Gasteiger partial charge is 0.569 e. The maximum absolute atomic E-state index is 9.04. The second-order valence-electron chi connectivity index (χ2n) is 7.47. The molecule has 2 heterocycles. The van der Waals surface area contributed by atoms with E-state index in [0.29, 0.717) is 24.8 Å². The average molecular weight is 415 g/mol. The minimum atomic E-state index is 0.467. The van der Waals surface area contributed by atoms with Gasteiger partial charge in [-0.1, -0.05) is 60.7 Å². The molecular formula is C26H16BN2O3. The second kappa shape index (κ2) is 7.52. The average Bonchev–Trinajstić information content (AvgIpc) is 3.23. The molecule has 4 aromatic carbocycles. The third-order valence-corrected chi connectivity index (χ3v) is 5.61. The molecule has 1 N–H and O–H groups in total. The first-order chi connectivity index (χ1) is 15.8. The lowest BCUT2D eigenvalue weighted by atomic mass is 10.00. The van der Waals surface area contributed by atoms with E-state index in [9.17, 15) is 0 Å². The van der Waals surface area contributed by atoms with Crippen LogP contribution in [0.15, 0.2) is 95.5 Å². The van der Waals surface area contributed by atoms with Gasteiger partial charge in [-0.3, -0.25) is 0 Å². The standard InChI is InChI=1S/C26H16BN2O3/c30-27-32-23-11-5-9-20-19-13-12-17(14-24(19)31-25(20)23)18-8-4-10-22-21(18)15-28-26(29-22)16-6-2-1-3-7-16/h1-15,30H. The van der Waals surface area contributed by atoms with Crippen LogP contribution in [0.5, 0.6) is 5.75 Å². The number of nitrogens with zero attached hydrogens (tertiary/aromatic N) is 2. The molecule has 6 rings (SSSR count). The molecule has 0 amide bonds. The van der Waals surface area contributed by atoms with Gasteiger partial charge < -0.3 is 14.1 Å². The lowest BCUT2D eigenvalue weighted by Crippen LogP contribution is -1.99. The van der Waals surface area contributed by atoms with Crippen LogP contribution in [0, 0.1) is 0 Å². The van der Waals surface area contributed by atoms with Gasteiger partial charge in [0.1, 0.15) is 11.3 Å². The lowest BCUT2D eigenvalue weighted by molar-refractivity contribution is 0.451. The van der Waals surface area contributed by atoms with Gasteiger partial charge in [0.05, 0.1) is 5.52 Å². The van der Waals surface area contributed by atoms with Gasteiger partial charge in [0, 0.05) is 27.9 Å². The molecule has 0 fully saturated rings. The van der Waals surface area contributed by atoms with Gasteiger partial charge in [-0.15, -0.1) is 0 Å². The number of fused-ring (bicyclic) bond motifs is 4. The van der Waals surface area contributed by atoms with Crippen LogP contribution in [0.3, 0.4) is 0 Å².